The van der Waals surface area contributed by atoms with Gasteiger partial charge in [0.1, 0.15) is 4.21 Å². The van der Waals surface area contributed by atoms with Crippen molar-refractivity contribution >= 4 is 37.3 Å². The van der Waals surface area contributed by atoms with Gasteiger partial charge in [0.05, 0.1) is 9.70 Å². The highest BCUT2D eigenvalue weighted by Crippen LogP contribution is 2.36. The molecule has 1 aliphatic rings. The van der Waals surface area contributed by atoms with Crippen molar-refractivity contribution in [2.45, 2.75) is 23.2 Å². The van der Waals surface area contributed by atoms with Gasteiger partial charge in [-0.3, -0.25) is 0 Å². The molecule has 2 heterocycles. The summed E-state index contributed by atoms with van der Waals surface area (Å²) in [5, 5.41) is 0. The zero-order valence-electron chi connectivity index (χ0n) is 9.65. The van der Waals surface area contributed by atoms with Crippen LogP contribution in [0.25, 0.3) is 0 Å². The quantitative estimate of drug-likeness (QED) is 0.791. The van der Waals surface area contributed by atoms with Gasteiger partial charge in [0.25, 0.3) is 10.0 Å². The lowest BCUT2D eigenvalue weighted by atomic mass is 9.99. The number of piperidine rings is 1. The molecule has 0 amide bonds. The van der Waals surface area contributed by atoms with Crippen molar-refractivity contribution in [1.29, 1.82) is 0 Å². The fourth-order valence-corrected chi connectivity index (χ4v) is 5.68. The summed E-state index contributed by atoms with van der Waals surface area (Å²) in [7, 11) is -3.81. The van der Waals surface area contributed by atoms with Crippen LogP contribution < -0.4 is 0 Å². The summed E-state index contributed by atoms with van der Waals surface area (Å²) in [4.78, 5) is 0. The van der Waals surface area contributed by atoms with E-state index in [0.29, 0.717) is 3.79 Å². The van der Waals surface area contributed by atoms with Crippen LogP contribution in [0.2, 0.25) is 0 Å². The van der Waals surface area contributed by atoms with Gasteiger partial charge in [-0.05, 0) is 40.9 Å². The van der Waals surface area contributed by atoms with E-state index in [0.717, 1.165) is 15.6 Å². The van der Waals surface area contributed by atoms with Crippen LogP contribution in [0.4, 0.5) is 13.2 Å². The van der Waals surface area contributed by atoms with Crippen molar-refractivity contribution in [3.05, 3.63) is 15.9 Å². The SMILES string of the molecule is O=S(=O)(c1ccc(Br)s1)N1CCCC(C(F)(F)F)C1. The van der Waals surface area contributed by atoms with Crippen LogP contribution in [0, 0.1) is 5.92 Å². The third kappa shape index (κ3) is 3.32. The Bertz CT molecular complexity index is 555. The predicted octanol–water partition coefficient (Wildman–Crippen LogP) is 3.47. The first-order valence-electron chi connectivity index (χ1n) is 5.53. The lowest BCUT2D eigenvalue weighted by Gasteiger charge is -2.32. The first-order chi connectivity index (χ1) is 8.71. The molecule has 108 valence electrons. The minimum atomic E-state index is -4.34. The summed E-state index contributed by atoms with van der Waals surface area (Å²) in [6.45, 7) is -0.341. The summed E-state index contributed by atoms with van der Waals surface area (Å²) in [6.07, 6.45) is -4.12. The Morgan fingerprint density at radius 1 is 1.37 bits per heavy atom. The summed E-state index contributed by atoms with van der Waals surface area (Å²) < 4.78 is 64.1. The molecule has 0 spiro atoms. The van der Waals surface area contributed by atoms with Gasteiger partial charge in [0.15, 0.2) is 0 Å². The van der Waals surface area contributed by atoms with Gasteiger partial charge < -0.3 is 0 Å². The van der Waals surface area contributed by atoms with Gasteiger partial charge >= 0.3 is 6.18 Å². The molecule has 0 N–H and O–H groups in total. The van der Waals surface area contributed by atoms with E-state index in [-0.39, 0.29) is 23.6 Å². The molecule has 0 aromatic carbocycles. The summed E-state index contributed by atoms with van der Waals surface area (Å²) in [6, 6.07) is 2.98. The molecular formula is C10H11BrF3NO2S2. The molecule has 0 radical (unpaired) electrons. The Hall–Kier alpha value is -0.120. The number of sulfonamides is 1. The summed E-state index contributed by atoms with van der Waals surface area (Å²) in [5.74, 6) is -1.57. The predicted molar refractivity (Wildman–Crippen MR) is 69.6 cm³/mol. The Labute approximate surface area is 121 Å². The largest absolute Gasteiger partial charge is 0.393 e. The molecule has 1 fully saturated rings. The lowest BCUT2D eigenvalue weighted by molar-refractivity contribution is -0.182. The Morgan fingerprint density at radius 3 is 2.58 bits per heavy atom. The third-order valence-corrected chi connectivity index (χ3v) is 6.95. The number of hydrogen-bond donors (Lipinski definition) is 0. The van der Waals surface area contributed by atoms with Crippen molar-refractivity contribution in [3.8, 4) is 0 Å². The molecule has 1 saturated heterocycles. The number of rotatable bonds is 2. The van der Waals surface area contributed by atoms with Crippen LogP contribution in [0.15, 0.2) is 20.1 Å². The molecule has 3 nitrogen and oxygen atoms in total. The molecular weight excluding hydrogens is 367 g/mol. The molecule has 0 aliphatic carbocycles. The maximum Gasteiger partial charge on any atom is 0.393 e. The highest BCUT2D eigenvalue weighted by atomic mass is 79.9. The number of halogens is 4. The number of thiophene rings is 1. The van der Waals surface area contributed by atoms with E-state index >= 15 is 0 Å². The Kier molecular flexibility index (Phi) is 4.29. The molecule has 1 unspecified atom stereocenters. The van der Waals surface area contributed by atoms with E-state index in [9.17, 15) is 21.6 Å². The van der Waals surface area contributed by atoms with Crippen LogP contribution in [-0.4, -0.2) is 32.0 Å². The molecule has 19 heavy (non-hydrogen) atoms. The average Bonchev–Trinajstić information content (AvgIpc) is 2.76. The number of hydrogen-bond acceptors (Lipinski definition) is 3. The maximum absolute atomic E-state index is 12.7. The molecule has 9 heteroatoms. The molecule has 0 bridgehead atoms. The van der Waals surface area contributed by atoms with E-state index in [4.69, 9.17) is 0 Å². The van der Waals surface area contributed by atoms with Crippen LogP contribution in [0.3, 0.4) is 0 Å². The highest BCUT2D eigenvalue weighted by molar-refractivity contribution is 9.11. The Balaban J connectivity index is 2.22. The summed E-state index contributed by atoms with van der Waals surface area (Å²) >= 11 is 4.15. The minimum Gasteiger partial charge on any atom is -0.206 e. The van der Waals surface area contributed by atoms with Crippen molar-refractivity contribution in [2.75, 3.05) is 13.1 Å². The van der Waals surface area contributed by atoms with E-state index in [2.05, 4.69) is 15.9 Å². The average molecular weight is 378 g/mol. The van der Waals surface area contributed by atoms with Crippen LogP contribution in [0.1, 0.15) is 12.8 Å². The standard InChI is InChI=1S/C10H11BrF3NO2S2/c11-8-3-4-9(18-8)19(16,17)15-5-1-2-7(6-15)10(12,13)14/h3-4,7H,1-2,5-6H2. The van der Waals surface area contributed by atoms with Crippen molar-refractivity contribution in [1.82, 2.24) is 4.31 Å². The molecule has 1 aromatic heterocycles. The zero-order valence-corrected chi connectivity index (χ0v) is 12.9. The van der Waals surface area contributed by atoms with Crippen LogP contribution in [0.5, 0.6) is 0 Å². The number of nitrogens with zero attached hydrogens (tertiary/aromatic N) is 1. The first kappa shape index (κ1) is 15.3. The van der Waals surface area contributed by atoms with Crippen molar-refractivity contribution in [2.24, 2.45) is 5.92 Å². The molecule has 1 aliphatic heterocycles. The monoisotopic (exact) mass is 377 g/mol. The van der Waals surface area contributed by atoms with Crippen molar-refractivity contribution < 1.29 is 21.6 Å². The molecule has 1 atom stereocenters. The maximum atomic E-state index is 12.7. The second kappa shape index (κ2) is 5.34. The number of alkyl halides is 3. The Morgan fingerprint density at radius 2 is 2.05 bits per heavy atom. The minimum absolute atomic E-state index is 0.0103. The van der Waals surface area contributed by atoms with E-state index in [1.165, 1.54) is 6.07 Å². The van der Waals surface area contributed by atoms with E-state index in [1.807, 2.05) is 0 Å². The van der Waals surface area contributed by atoms with Gasteiger partial charge in [0.2, 0.25) is 0 Å². The van der Waals surface area contributed by atoms with Crippen molar-refractivity contribution in [3.63, 3.8) is 0 Å². The van der Waals surface area contributed by atoms with Gasteiger partial charge in [-0.25, -0.2) is 8.42 Å². The van der Waals surface area contributed by atoms with Crippen LogP contribution >= 0.6 is 27.3 Å². The van der Waals surface area contributed by atoms with Crippen LogP contribution in [-0.2, 0) is 10.0 Å². The van der Waals surface area contributed by atoms with Gasteiger partial charge in [0, 0.05) is 13.1 Å². The van der Waals surface area contributed by atoms with E-state index in [1.54, 1.807) is 6.07 Å². The normalized spacial score (nSPS) is 22.6. The molecule has 1 aromatic rings. The summed E-state index contributed by atoms with van der Waals surface area (Å²) in [5.41, 5.74) is 0. The lowest BCUT2D eigenvalue weighted by Crippen LogP contribution is -2.44. The fraction of sp³-hybridized carbons (Fsp3) is 0.600. The third-order valence-electron chi connectivity index (χ3n) is 2.99. The second-order valence-corrected chi connectivity index (χ2v) is 8.93. The first-order valence-corrected chi connectivity index (χ1v) is 8.58. The van der Waals surface area contributed by atoms with Gasteiger partial charge in [-0.15, -0.1) is 11.3 Å². The van der Waals surface area contributed by atoms with E-state index < -0.39 is 28.7 Å². The topological polar surface area (TPSA) is 37.4 Å². The van der Waals surface area contributed by atoms with Gasteiger partial charge in [-0.1, -0.05) is 0 Å². The smallest absolute Gasteiger partial charge is 0.206 e. The zero-order chi connectivity index (χ0) is 14.3. The fourth-order valence-electron chi connectivity index (χ4n) is 1.99. The molecule has 0 saturated carbocycles. The highest BCUT2D eigenvalue weighted by Gasteiger charge is 2.44. The molecule has 2 rings (SSSR count). The second-order valence-electron chi connectivity index (χ2n) is 4.30. The van der Waals surface area contributed by atoms with Gasteiger partial charge in [-0.2, -0.15) is 17.5 Å².